The lowest BCUT2D eigenvalue weighted by molar-refractivity contribution is 0.269. The Morgan fingerprint density at radius 2 is 1.78 bits per heavy atom. The molecule has 2 aromatic carbocycles. The Kier molecular flexibility index (Phi) is 7.24. The van der Waals surface area contributed by atoms with Crippen molar-refractivity contribution in [3.05, 3.63) is 58.6 Å². The summed E-state index contributed by atoms with van der Waals surface area (Å²) in [5.41, 5.74) is 2.19. The second-order valence-corrected chi connectivity index (χ2v) is 5.70. The first-order valence-corrected chi connectivity index (χ1v) is 8.45. The molecule has 0 heterocycles. The van der Waals surface area contributed by atoms with E-state index in [0.717, 1.165) is 30.6 Å². The summed E-state index contributed by atoms with van der Waals surface area (Å²) in [5.74, 6) is 1.31. The van der Waals surface area contributed by atoms with E-state index in [1.54, 1.807) is 0 Å². The molecule has 2 rings (SSSR count). The molecule has 0 saturated heterocycles. The normalized spacial score (nSPS) is 10.6. The van der Waals surface area contributed by atoms with E-state index in [2.05, 4.69) is 12.2 Å². The third-order valence-electron chi connectivity index (χ3n) is 3.35. The van der Waals surface area contributed by atoms with Crippen LogP contribution in [0.5, 0.6) is 11.5 Å². The first-order valence-electron chi connectivity index (χ1n) is 8.07. The standard InChI is InChI=1S/C19H24ClNO2/c1-3-10-21-13-16-11-17(20)19(18(12-16)22-4-2)23-14-15-8-6-5-7-9-15/h5-9,11-12,21H,3-4,10,13-14H2,1-2H3. The number of rotatable bonds is 9. The van der Waals surface area contributed by atoms with Gasteiger partial charge in [0.15, 0.2) is 11.5 Å². The number of hydrogen-bond donors (Lipinski definition) is 1. The maximum absolute atomic E-state index is 6.42. The Morgan fingerprint density at radius 1 is 1.00 bits per heavy atom. The molecule has 0 aliphatic carbocycles. The van der Waals surface area contributed by atoms with Gasteiger partial charge in [-0.25, -0.2) is 0 Å². The zero-order chi connectivity index (χ0) is 16.5. The zero-order valence-electron chi connectivity index (χ0n) is 13.8. The van der Waals surface area contributed by atoms with Crippen LogP contribution in [-0.2, 0) is 13.2 Å². The Morgan fingerprint density at radius 3 is 2.48 bits per heavy atom. The van der Waals surface area contributed by atoms with E-state index >= 15 is 0 Å². The van der Waals surface area contributed by atoms with Crippen LogP contribution in [0.2, 0.25) is 5.02 Å². The Labute approximate surface area is 143 Å². The van der Waals surface area contributed by atoms with Crippen molar-refractivity contribution in [2.24, 2.45) is 0 Å². The predicted molar refractivity (Wildman–Crippen MR) is 95.4 cm³/mol. The molecule has 0 aliphatic rings. The molecular weight excluding hydrogens is 310 g/mol. The third kappa shape index (κ3) is 5.45. The number of halogens is 1. The fourth-order valence-electron chi connectivity index (χ4n) is 2.27. The summed E-state index contributed by atoms with van der Waals surface area (Å²) < 4.78 is 11.6. The van der Waals surface area contributed by atoms with E-state index < -0.39 is 0 Å². The number of hydrogen-bond acceptors (Lipinski definition) is 3. The Balaban J connectivity index is 2.13. The van der Waals surface area contributed by atoms with Crippen molar-refractivity contribution in [3.8, 4) is 11.5 Å². The van der Waals surface area contributed by atoms with Crippen molar-refractivity contribution in [2.45, 2.75) is 33.4 Å². The van der Waals surface area contributed by atoms with E-state index in [1.807, 2.05) is 49.4 Å². The van der Waals surface area contributed by atoms with Crippen molar-refractivity contribution in [3.63, 3.8) is 0 Å². The van der Waals surface area contributed by atoms with Crippen molar-refractivity contribution < 1.29 is 9.47 Å². The molecule has 0 fully saturated rings. The molecule has 0 unspecified atom stereocenters. The summed E-state index contributed by atoms with van der Waals surface area (Å²) in [6.45, 7) is 6.89. The molecule has 3 nitrogen and oxygen atoms in total. The smallest absolute Gasteiger partial charge is 0.180 e. The van der Waals surface area contributed by atoms with E-state index in [0.29, 0.717) is 29.7 Å². The molecule has 0 atom stereocenters. The fraction of sp³-hybridized carbons (Fsp3) is 0.368. The highest BCUT2D eigenvalue weighted by atomic mass is 35.5. The van der Waals surface area contributed by atoms with Crippen molar-refractivity contribution >= 4 is 11.6 Å². The minimum atomic E-state index is 0.466. The van der Waals surface area contributed by atoms with Gasteiger partial charge in [0.1, 0.15) is 6.61 Å². The molecule has 124 valence electrons. The van der Waals surface area contributed by atoms with Crippen LogP contribution in [0.25, 0.3) is 0 Å². The predicted octanol–water partition coefficient (Wildman–Crippen LogP) is 4.82. The van der Waals surface area contributed by atoms with Crippen molar-refractivity contribution in [2.75, 3.05) is 13.2 Å². The monoisotopic (exact) mass is 333 g/mol. The van der Waals surface area contributed by atoms with Gasteiger partial charge in [-0.2, -0.15) is 0 Å². The lowest BCUT2D eigenvalue weighted by atomic mass is 10.2. The van der Waals surface area contributed by atoms with Crippen molar-refractivity contribution in [1.82, 2.24) is 5.32 Å². The molecule has 0 amide bonds. The van der Waals surface area contributed by atoms with Gasteiger partial charge in [0.2, 0.25) is 0 Å². The molecule has 1 N–H and O–H groups in total. The van der Waals surface area contributed by atoms with Gasteiger partial charge < -0.3 is 14.8 Å². The topological polar surface area (TPSA) is 30.5 Å². The van der Waals surface area contributed by atoms with Gasteiger partial charge in [-0.15, -0.1) is 0 Å². The SMILES string of the molecule is CCCNCc1cc(Cl)c(OCc2ccccc2)c(OCC)c1. The van der Waals surface area contributed by atoms with Crippen LogP contribution in [0.4, 0.5) is 0 Å². The van der Waals surface area contributed by atoms with Crippen molar-refractivity contribution in [1.29, 1.82) is 0 Å². The molecule has 2 aromatic rings. The average molecular weight is 334 g/mol. The van der Waals surface area contributed by atoms with Gasteiger partial charge in [0, 0.05) is 6.54 Å². The van der Waals surface area contributed by atoms with Crippen LogP contribution in [0.1, 0.15) is 31.4 Å². The molecule has 0 bridgehead atoms. The molecule has 23 heavy (non-hydrogen) atoms. The van der Waals surface area contributed by atoms with Crippen LogP contribution in [-0.4, -0.2) is 13.2 Å². The average Bonchev–Trinajstić information content (AvgIpc) is 2.55. The van der Waals surface area contributed by atoms with Crippen LogP contribution >= 0.6 is 11.6 Å². The summed E-state index contributed by atoms with van der Waals surface area (Å²) in [5, 5.41) is 3.95. The first-order chi connectivity index (χ1) is 11.2. The van der Waals surface area contributed by atoms with Gasteiger partial charge >= 0.3 is 0 Å². The summed E-state index contributed by atoms with van der Waals surface area (Å²) in [6, 6.07) is 14.0. The highest BCUT2D eigenvalue weighted by molar-refractivity contribution is 6.32. The van der Waals surface area contributed by atoms with E-state index in [1.165, 1.54) is 0 Å². The summed E-state index contributed by atoms with van der Waals surface area (Å²) >= 11 is 6.42. The maximum Gasteiger partial charge on any atom is 0.180 e. The molecule has 0 spiro atoms. The Bertz CT molecular complexity index is 602. The van der Waals surface area contributed by atoms with Gasteiger partial charge in [0.25, 0.3) is 0 Å². The number of nitrogens with one attached hydrogen (secondary N) is 1. The van der Waals surface area contributed by atoms with E-state index in [-0.39, 0.29) is 0 Å². The minimum Gasteiger partial charge on any atom is -0.490 e. The molecule has 0 aliphatic heterocycles. The zero-order valence-corrected chi connectivity index (χ0v) is 14.5. The van der Waals surface area contributed by atoms with Crippen LogP contribution < -0.4 is 14.8 Å². The van der Waals surface area contributed by atoms with Crippen LogP contribution in [0.15, 0.2) is 42.5 Å². The van der Waals surface area contributed by atoms with Gasteiger partial charge in [-0.1, -0.05) is 48.9 Å². The second kappa shape index (κ2) is 9.43. The van der Waals surface area contributed by atoms with Gasteiger partial charge in [-0.3, -0.25) is 0 Å². The largest absolute Gasteiger partial charge is 0.490 e. The molecule has 0 saturated carbocycles. The molecular formula is C19H24ClNO2. The molecule has 0 aromatic heterocycles. The third-order valence-corrected chi connectivity index (χ3v) is 3.63. The highest BCUT2D eigenvalue weighted by Gasteiger charge is 2.13. The van der Waals surface area contributed by atoms with Gasteiger partial charge in [-0.05, 0) is 43.1 Å². The quantitative estimate of drug-likeness (QED) is 0.667. The minimum absolute atomic E-state index is 0.466. The highest BCUT2D eigenvalue weighted by Crippen LogP contribution is 2.37. The summed E-state index contributed by atoms with van der Waals surface area (Å²) in [6.07, 6.45) is 1.10. The molecule has 4 heteroatoms. The maximum atomic E-state index is 6.42. The van der Waals surface area contributed by atoms with Gasteiger partial charge in [0.05, 0.1) is 11.6 Å². The summed E-state index contributed by atoms with van der Waals surface area (Å²) in [7, 11) is 0. The van der Waals surface area contributed by atoms with E-state index in [4.69, 9.17) is 21.1 Å². The van der Waals surface area contributed by atoms with E-state index in [9.17, 15) is 0 Å². The van der Waals surface area contributed by atoms with Crippen LogP contribution in [0, 0.1) is 0 Å². The lowest BCUT2D eigenvalue weighted by Crippen LogP contribution is -2.14. The molecule has 0 radical (unpaired) electrons. The summed E-state index contributed by atoms with van der Waals surface area (Å²) in [4.78, 5) is 0. The number of benzene rings is 2. The fourth-order valence-corrected chi connectivity index (χ4v) is 2.55. The second-order valence-electron chi connectivity index (χ2n) is 5.29. The Hall–Kier alpha value is -1.71. The first kappa shape index (κ1) is 17.6. The number of ether oxygens (including phenoxy) is 2. The lowest BCUT2D eigenvalue weighted by Gasteiger charge is -2.15. The van der Waals surface area contributed by atoms with Crippen LogP contribution in [0.3, 0.4) is 0 Å².